The Balaban J connectivity index is 0.000000970. The summed E-state index contributed by atoms with van der Waals surface area (Å²) in [5.74, 6) is 0.280. The molecule has 0 aromatic heterocycles. The predicted molar refractivity (Wildman–Crippen MR) is 107 cm³/mol. The summed E-state index contributed by atoms with van der Waals surface area (Å²) in [5, 5.41) is 20.8. The number of phenols is 2. The molecule has 0 amide bonds. The number of nitrogens with two attached hydrogens (primary N) is 1. The van der Waals surface area contributed by atoms with Gasteiger partial charge in [0.2, 0.25) is 0 Å². The summed E-state index contributed by atoms with van der Waals surface area (Å²) in [7, 11) is 0. The lowest BCUT2D eigenvalue weighted by Crippen LogP contribution is -2.03. The van der Waals surface area contributed by atoms with Gasteiger partial charge in [0.05, 0.1) is 0 Å². The van der Waals surface area contributed by atoms with Crippen molar-refractivity contribution in [2.45, 2.75) is 46.0 Å². The van der Waals surface area contributed by atoms with E-state index in [1.54, 1.807) is 24.4 Å². The van der Waals surface area contributed by atoms with Gasteiger partial charge in [0.25, 0.3) is 0 Å². The molecule has 0 aliphatic heterocycles. The Bertz CT molecular complexity index is 649. The summed E-state index contributed by atoms with van der Waals surface area (Å²) in [6.07, 6.45) is 10.1. The van der Waals surface area contributed by atoms with E-state index >= 15 is 0 Å². The third kappa shape index (κ3) is 5.82. The molecule has 0 saturated carbocycles. The lowest BCUT2D eigenvalue weighted by atomic mass is 9.84. The fourth-order valence-electron chi connectivity index (χ4n) is 2.91. The number of hydrogen-bond acceptors (Lipinski definition) is 4. The fourth-order valence-corrected chi connectivity index (χ4v) is 2.91. The molecular formula is C21H30N2O2. The fraction of sp³-hybridized carbons (Fsp3) is 0.381. The topological polar surface area (TPSA) is 78.8 Å². The number of hydrogen-bond donors (Lipinski definition) is 3. The van der Waals surface area contributed by atoms with Crippen LogP contribution in [0.3, 0.4) is 0 Å². The minimum atomic E-state index is 0.0671. The first-order valence-electron chi connectivity index (χ1n) is 8.70. The van der Waals surface area contributed by atoms with E-state index in [2.05, 4.69) is 24.6 Å². The molecule has 136 valence electrons. The SMILES string of the molecule is C=CC.CCN=C/C(=C\N)c1cc(O)c(C2C=C(C)CCC2)c(O)c1. The second-order valence-corrected chi connectivity index (χ2v) is 6.10. The van der Waals surface area contributed by atoms with Crippen LogP contribution in [0.15, 0.2) is 47.6 Å². The Morgan fingerprint density at radius 3 is 2.44 bits per heavy atom. The van der Waals surface area contributed by atoms with Crippen LogP contribution in [0, 0.1) is 0 Å². The third-order valence-electron chi connectivity index (χ3n) is 4.00. The molecule has 1 atom stereocenters. The lowest BCUT2D eigenvalue weighted by Gasteiger charge is -2.22. The Morgan fingerprint density at radius 2 is 1.96 bits per heavy atom. The van der Waals surface area contributed by atoms with Crippen molar-refractivity contribution >= 4 is 11.8 Å². The molecule has 1 aliphatic rings. The molecule has 25 heavy (non-hydrogen) atoms. The summed E-state index contributed by atoms with van der Waals surface area (Å²) in [6, 6.07) is 3.29. The van der Waals surface area contributed by atoms with Crippen molar-refractivity contribution in [1.82, 2.24) is 0 Å². The van der Waals surface area contributed by atoms with Gasteiger partial charge in [-0.25, -0.2) is 0 Å². The van der Waals surface area contributed by atoms with Gasteiger partial charge in [0.15, 0.2) is 0 Å². The number of allylic oxidation sites excluding steroid dienone is 4. The number of rotatable bonds is 4. The highest BCUT2D eigenvalue weighted by atomic mass is 16.3. The monoisotopic (exact) mass is 342 g/mol. The van der Waals surface area contributed by atoms with Crippen molar-refractivity contribution in [3.05, 3.63) is 53.8 Å². The summed E-state index contributed by atoms with van der Waals surface area (Å²) in [5.41, 5.74) is 8.86. The Hall–Kier alpha value is -2.49. The normalized spacial score (nSPS) is 17.6. The zero-order valence-electron chi connectivity index (χ0n) is 15.5. The minimum absolute atomic E-state index is 0.0671. The number of benzene rings is 1. The van der Waals surface area contributed by atoms with Gasteiger partial charge in [-0.15, -0.1) is 6.58 Å². The van der Waals surface area contributed by atoms with Gasteiger partial charge in [-0.05, 0) is 57.7 Å². The van der Waals surface area contributed by atoms with Gasteiger partial charge < -0.3 is 15.9 Å². The van der Waals surface area contributed by atoms with Crippen molar-refractivity contribution in [2.24, 2.45) is 10.7 Å². The van der Waals surface area contributed by atoms with Gasteiger partial charge in [-0.1, -0.05) is 17.7 Å². The zero-order chi connectivity index (χ0) is 18.8. The van der Waals surface area contributed by atoms with Crippen LogP contribution in [0.5, 0.6) is 11.5 Å². The quantitative estimate of drug-likeness (QED) is 0.538. The molecule has 1 aliphatic carbocycles. The number of phenolic OH excluding ortho intramolecular Hbond substituents is 2. The van der Waals surface area contributed by atoms with E-state index in [0.717, 1.165) is 19.3 Å². The Morgan fingerprint density at radius 1 is 1.36 bits per heavy atom. The molecule has 0 spiro atoms. The molecule has 0 saturated heterocycles. The third-order valence-corrected chi connectivity index (χ3v) is 4.00. The molecule has 4 heteroatoms. The van der Waals surface area contributed by atoms with Crippen LogP contribution in [-0.4, -0.2) is 23.0 Å². The van der Waals surface area contributed by atoms with Crippen LogP contribution in [0.4, 0.5) is 0 Å². The maximum absolute atomic E-state index is 10.4. The number of aromatic hydroxyl groups is 2. The minimum Gasteiger partial charge on any atom is -0.507 e. The molecule has 0 radical (unpaired) electrons. The summed E-state index contributed by atoms with van der Waals surface area (Å²) in [4.78, 5) is 4.15. The van der Waals surface area contributed by atoms with Crippen molar-refractivity contribution in [3.63, 3.8) is 0 Å². The van der Waals surface area contributed by atoms with Gasteiger partial charge in [-0.3, -0.25) is 4.99 Å². The van der Waals surface area contributed by atoms with Gasteiger partial charge >= 0.3 is 0 Å². The van der Waals surface area contributed by atoms with Gasteiger partial charge in [0.1, 0.15) is 11.5 Å². The first-order chi connectivity index (χ1) is 12.0. The average molecular weight is 342 g/mol. The van der Waals surface area contributed by atoms with Crippen LogP contribution >= 0.6 is 0 Å². The van der Waals surface area contributed by atoms with E-state index < -0.39 is 0 Å². The van der Waals surface area contributed by atoms with Crippen LogP contribution in [0.25, 0.3) is 5.57 Å². The average Bonchev–Trinajstić information content (AvgIpc) is 2.56. The van der Waals surface area contributed by atoms with E-state index in [4.69, 9.17) is 5.73 Å². The van der Waals surface area contributed by atoms with Crippen LogP contribution in [0.2, 0.25) is 0 Å². The number of nitrogens with zero attached hydrogens (tertiary/aromatic N) is 1. The van der Waals surface area contributed by atoms with Crippen LogP contribution in [0.1, 0.15) is 57.1 Å². The summed E-state index contributed by atoms with van der Waals surface area (Å²) >= 11 is 0. The van der Waals surface area contributed by atoms with E-state index in [1.165, 1.54) is 11.8 Å². The molecule has 1 unspecified atom stereocenters. The van der Waals surface area contributed by atoms with Crippen molar-refractivity contribution < 1.29 is 10.2 Å². The largest absolute Gasteiger partial charge is 0.507 e. The Kier molecular flexibility index (Phi) is 8.54. The number of aliphatic imine (C=N–C) groups is 1. The van der Waals surface area contributed by atoms with Gasteiger partial charge in [-0.2, -0.15) is 0 Å². The lowest BCUT2D eigenvalue weighted by molar-refractivity contribution is 0.428. The second kappa shape index (κ2) is 10.4. The summed E-state index contributed by atoms with van der Waals surface area (Å²) in [6.45, 7) is 9.92. The molecule has 0 heterocycles. The first kappa shape index (κ1) is 20.6. The van der Waals surface area contributed by atoms with E-state index in [-0.39, 0.29) is 17.4 Å². The highest BCUT2D eigenvalue weighted by Gasteiger charge is 2.21. The second-order valence-electron chi connectivity index (χ2n) is 6.10. The van der Waals surface area contributed by atoms with Crippen molar-refractivity contribution in [1.29, 1.82) is 0 Å². The maximum atomic E-state index is 10.4. The van der Waals surface area contributed by atoms with Crippen molar-refractivity contribution in [3.8, 4) is 11.5 Å². The van der Waals surface area contributed by atoms with Crippen molar-refractivity contribution in [2.75, 3.05) is 6.54 Å². The molecular weight excluding hydrogens is 312 g/mol. The first-order valence-corrected chi connectivity index (χ1v) is 8.70. The molecule has 1 aromatic rings. The zero-order valence-corrected chi connectivity index (χ0v) is 15.5. The molecule has 4 nitrogen and oxygen atoms in total. The van der Waals surface area contributed by atoms with Crippen LogP contribution in [-0.2, 0) is 0 Å². The highest BCUT2D eigenvalue weighted by Crippen LogP contribution is 2.42. The molecule has 2 rings (SSSR count). The maximum Gasteiger partial charge on any atom is 0.123 e. The molecule has 1 aromatic carbocycles. The standard InChI is InChI=1S/C18H24N2O2.C3H6/c1-3-20-11-15(10-19)14-8-16(21)18(17(22)9-14)13-6-4-5-12(2)7-13;1-3-2/h7-11,13,21-22H,3-6,19H2,1-2H3;3H,1H2,2H3/b15-10+,20-11?;. The van der Waals surface area contributed by atoms with Crippen LogP contribution < -0.4 is 5.73 Å². The molecule has 4 N–H and O–H groups in total. The van der Waals surface area contributed by atoms with E-state index in [9.17, 15) is 10.2 Å². The highest BCUT2D eigenvalue weighted by molar-refractivity contribution is 6.09. The van der Waals surface area contributed by atoms with E-state index in [1.807, 2.05) is 13.8 Å². The van der Waals surface area contributed by atoms with E-state index in [0.29, 0.717) is 23.2 Å². The summed E-state index contributed by atoms with van der Waals surface area (Å²) < 4.78 is 0. The molecule has 0 bridgehead atoms. The predicted octanol–water partition coefficient (Wildman–Crippen LogP) is 4.89. The Labute approximate surface area is 151 Å². The van der Waals surface area contributed by atoms with Gasteiger partial charge in [0, 0.05) is 36.0 Å². The smallest absolute Gasteiger partial charge is 0.123 e. The molecule has 0 fully saturated rings.